The molecule has 0 saturated heterocycles. The average molecular weight is 439 g/mol. The molecule has 8 heteroatoms. The Morgan fingerprint density at radius 2 is 1.75 bits per heavy atom. The van der Waals surface area contributed by atoms with Crippen LogP contribution in [0.2, 0.25) is 0 Å². The van der Waals surface area contributed by atoms with E-state index in [0.717, 1.165) is 28.8 Å². The maximum Gasteiger partial charge on any atom is 0.329 e. The van der Waals surface area contributed by atoms with Crippen molar-refractivity contribution in [2.24, 2.45) is 5.10 Å². The van der Waals surface area contributed by atoms with E-state index in [1.165, 1.54) is 6.21 Å². The Morgan fingerprint density at radius 1 is 1.06 bits per heavy atom. The van der Waals surface area contributed by atoms with Crippen LogP contribution in [0.25, 0.3) is 0 Å². The molecule has 0 heterocycles. The summed E-state index contributed by atoms with van der Waals surface area (Å²) in [6.45, 7) is 9.48. The van der Waals surface area contributed by atoms with E-state index in [9.17, 15) is 14.4 Å². The predicted octanol–water partition coefficient (Wildman–Crippen LogP) is 2.99. The third kappa shape index (κ3) is 7.54. The molecule has 0 aliphatic rings. The molecule has 0 spiro atoms. The van der Waals surface area contributed by atoms with Gasteiger partial charge in [0.25, 0.3) is 5.91 Å². The van der Waals surface area contributed by atoms with E-state index in [1.54, 1.807) is 24.3 Å². The van der Waals surface area contributed by atoms with Crippen LogP contribution in [-0.2, 0) is 14.4 Å². The summed E-state index contributed by atoms with van der Waals surface area (Å²) in [7, 11) is 0. The smallest absolute Gasteiger partial charge is 0.329 e. The maximum atomic E-state index is 12.3. The molecule has 3 amide bonds. The second-order valence-electron chi connectivity index (χ2n) is 7.66. The highest BCUT2D eigenvalue weighted by Crippen LogP contribution is 2.22. The van der Waals surface area contributed by atoms with Crippen molar-refractivity contribution < 1.29 is 19.1 Å². The number of rotatable bonds is 8. The van der Waals surface area contributed by atoms with Crippen molar-refractivity contribution in [1.82, 2.24) is 10.7 Å². The summed E-state index contributed by atoms with van der Waals surface area (Å²) in [5, 5.41) is 9.24. The van der Waals surface area contributed by atoms with Crippen molar-refractivity contribution in [2.45, 2.75) is 47.1 Å². The van der Waals surface area contributed by atoms with Crippen LogP contribution in [0.15, 0.2) is 41.5 Å². The first-order valence-electron chi connectivity index (χ1n) is 10.4. The summed E-state index contributed by atoms with van der Waals surface area (Å²) >= 11 is 0. The minimum absolute atomic E-state index is 0.0953. The number of benzene rings is 2. The molecule has 0 bridgehead atoms. The van der Waals surface area contributed by atoms with Crippen molar-refractivity contribution in [3.63, 3.8) is 0 Å². The Balaban J connectivity index is 1.89. The Kier molecular flexibility index (Phi) is 8.95. The van der Waals surface area contributed by atoms with Gasteiger partial charge in [0.15, 0.2) is 6.61 Å². The first-order valence-corrected chi connectivity index (χ1v) is 10.4. The Hall–Kier alpha value is -3.68. The molecule has 32 heavy (non-hydrogen) atoms. The molecule has 0 aliphatic carbocycles. The summed E-state index contributed by atoms with van der Waals surface area (Å²) in [5.41, 5.74) is 6.74. The van der Waals surface area contributed by atoms with E-state index < -0.39 is 11.8 Å². The first kappa shape index (κ1) is 24.6. The van der Waals surface area contributed by atoms with Crippen LogP contribution in [-0.4, -0.2) is 36.6 Å². The molecule has 2 rings (SSSR count). The number of aryl methyl sites for hydroxylation is 3. The van der Waals surface area contributed by atoms with Crippen LogP contribution in [0.1, 0.15) is 42.5 Å². The van der Waals surface area contributed by atoms with Crippen molar-refractivity contribution in [1.29, 1.82) is 0 Å². The fourth-order valence-electron chi connectivity index (χ4n) is 2.99. The van der Waals surface area contributed by atoms with Crippen LogP contribution >= 0.6 is 0 Å². The van der Waals surface area contributed by atoms with Gasteiger partial charge in [-0.2, -0.15) is 5.10 Å². The lowest BCUT2D eigenvalue weighted by Gasteiger charge is -2.13. The maximum absolute atomic E-state index is 12.3. The molecule has 1 atom stereocenters. The van der Waals surface area contributed by atoms with Crippen LogP contribution in [0.4, 0.5) is 5.69 Å². The highest BCUT2D eigenvalue weighted by Gasteiger charge is 2.14. The zero-order chi connectivity index (χ0) is 23.7. The summed E-state index contributed by atoms with van der Waals surface area (Å²) < 4.78 is 5.58. The lowest BCUT2D eigenvalue weighted by Crippen LogP contribution is -2.41. The number of nitrogens with zero attached hydrogens (tertiary/aromatic N) is 1. The standard InChI is InChI=1S/C24H30N4O4/c1-6-18(5)26-23(30)24(31)28-25-13-19-8-7-9-20(12-19)32-14-21(29)27-22-16(3)10-15(2)11-17(22)4/h7-13,18H,6,14H2,1-5H3,(H,26,30)(H,27,29)(H,28,31)/b25-13-/t18-/m1/s1. The Bertz CT molecular complexity index is 994. The topological polar surface area (TPSA) is 109 Å². The van der Waals surface area contributed by atoms with E-state index in [4.69, 9.17) is 4.74 Å². The monoisotopic (exact) mass is 438 g/mol. The van der Waals surface area contributed by atoms with Gasteiger partial charge in [-0.05, 0) is 62.9 Å². The number of anilines is 1. The van der Waals surface area contributed by atoms with Gasteiger partial charge in [0, 0.05) is 11.7 Å². The van der Waals surface area contributed by atoms with Crippen LogP contribution in [0, 0.1) is 20.8 Å². The van der Waals surface area contributed by atoms with Gasteiger partial charge in [-0.15, -0.1) is 0 Å². The number of carbonyl (C=O) groups is 3. The van der Waals surface area contributed by atoms with Gasteiger partial charge in [0.05, 0.1) is 6.21 Å². The number of ether oxygens (including phenoxy) is 1. The molecule has 2 aromatic carbocycles. The number of hydrogen-bond donors (Lipinski definition) is 3. The summed E-state index contributed by atoms with van der Waals surface area (Å²) in [5.74, 6) is -1.37. The number of hydrazone groups is 1. The van der Waals surface area contributed by atoms with Crippen LogP contribution < -0.4 is 20.8 Å². The normalized spacial score (nSPS) is 11.7. The van der Waals surface area contributed by atoms with Gasteiger partial charge in [-0.1, -0.05) is 36.8 Å². The summed E-state index contributed by atoms with van der Waals surface area (Å²) in [4.78, 5) is 35.8. The molecule has 3 N–H and O–H groups in total. The molecular formula is C24H30N4O4. The van der Waals surface area contributed by atoms with Gasteiger partial charge in [0.2, 0.25) is 0 Å². The van der Waals surface area contributed by atoms with Crippen molar-refractivity contribution in [3.8, 4) is 5.75 Å². The average Bonchev–Trinajstić information content (AvgIpc) is 2.74. The van der Waals surface area contributed by atoms with Gasteiger partial charge >= 0.3 is 11.8 Å². The number of hydrogen-bond acceptors (Lipinski definition) is 5. The van der Waals surface area contributed by atoms with Crippen molar-refractivity contribution in [3.05, 3.63) is 58.7 Å². The van der Waals surface area contributed by atoms with E-state index in [2.05, 4.69) is 21.2 Å². The Morgan fingerprint density at radius 3 is 2.41 bits per heavy atom. The third-order valence-electron chi connectivity index (χ3n) is 4.75. The molecule has 170 valence electrons. The van der Waals surface area contributed by atoms with Crippen LogP contribution in [0.3, 0.4) is 0 Å². The highest BCUT2D eigenvalue weighted by atomic mass is 16.5. The quantitative estimate of drug-likeness (QED) is 0.334. The highest BCUT2D eigenvalue weighted by molar-refractivity contribution is 6.35. The third-order valence-corrected chi connectivity index (χ3v) is 4.75. The lowest BCUT2D eigenvalue weighted by molar-refractivity contribution is -0.139. The summed E-state index contributed by atoms with van der Waals surface area (Å²) in [6.07, 6.45) is 2.11. The molecule has 0 aromatic heterocycles. The fourth-order valence-corrected chi connectivity index (χ4v) is 2.99. The second kappa shape index (κ2) is 11.6. The van der Waals surface area contributed by atoms with Gasteiger partial charge in [-0.3, -0.25) is 14.4 Å². The number of amides is 3. The largest absolute Gasteiger partial charge is 0.484 e. The number of carbonyl (C=O) groups excluding carboxylic acids is 3. The van der Waals surface area contributed by atoms with Gasteiger partial charge < -0.3 is 15.4 Å². The molecule has 8 nitrogen and oxygen atoms in total. The second-order valence-corrected chi connectivity index (χ2v) is 7.66. The van der Waals surface area contributed by atoms with Crippen LogP contribution in [0.5, 0.6) is 5.75 Å². The molecule has 0 unspecified atom stereocenters. The Labute approximate surface area is 188 Å². The SMILES string of the molecule is CC[C@@H](C)NC(=O)C(=O)N/N=C\c1cccc(OCC(=O)Nc2c(C)cc(C)cc2C)c1. The van der Waals surface area contributed by atoms with Gasteiger partial charge in [-0.25, -0.2) is 5.43 Å². The molecular weight excluding hydrogens is 408 g/mol. The van der Waals surface area contributed by atoms with E-state index in [0.29, 0.717) is 11.3 Å². The summed E-state index contributed by atoms with van der Waals surface area (Å²) in [6, 6.07) is 10.8. The van der Waals surface area contributed by atoms with E-state index >= 15 is 0 Å². The fraction of sp³-hybridized carbons (Fsp3) is 0.333. The molecule has 0 saturated carbocycles. The number of nitrogens with one attached hydrogen (secondary N) is 3. The zero-order valence-electron chi connectivity index (χ0n) is 19.1. The van der Waals surface area contributed by atoms with Crippen molar-refractivity contribution >= 4 is 29.6 Å². The molecule has 0 radical (unpaired) electrons. The minimum atomic E-state index is -0.840. The predicted molar refractivity (Wildman–Crippen MR) is 125 cm³/mol. The minimum Gasteiger partial charge on any atom is -0.484 e. The van der Waals surface area contributed by atoms with E-state index in [-0.39, 0.29) is 18.6 Å². The zero-order valence-corrected chi connectivity index (χ0v) is 19.1. The molecule has 0 fully saturated rings. The molecule has 0 aliphatic heterocycles. The van der Waals surface area contributed by atoms with E-state index in [1.807, 2.05) is 46.8 Å². The first-order chi connectivity index (χ1) is 15.2. The van der Waals surface area contributed by atoms with Crippen molar-refractivity contribution in [2.75, 3.05) is 11.9 Å². The molecule has 2 aromatic rings. The lowest BCUT2D eigenvalue weighted by atomic mass is 10.1. The van der Waals surface area contributed by atoms with Gasteiger partial charge in [0.1, 0.15) is 5.75 Å².